The number of carbonyl (C=O) groups excluding carboxylic acids is 2. The van der Waals surface area contributed by atoms with Crippen molar-refractivity contribution >= 4 is 29.0 Å². The second-order valence-corrected chi connectivity index (χ2v) is 6.00. The lowest BCUT2D eigenvalue weighted by atomic mass is 10.1. The number of carbonyl (C=O) groups is 2. The van der Waals surface area contributed by atoms with E-state index in [4.69, 9.17) is 11.6 Å². The van der Waals surface area contributed by atoms with E-state index in [0.717, 1.165) is 18.0 Å². The predicted molar refractivity (Wildman–Crippen MR) is 97.7 cm³/mol. The zero-order valence-electron chi connectivity index (χ0n) is 13.6. The van der Waals surface area contributed by atoms with Crippen LogP contribution in [0.3, 0.4) is 0 Å². The highest BCUT2D eigenvalue weighted by atomic mass is 35.5. The van der Waals surface area contributed by atoms with Gasteiger partial charge in [-0.25, -0.2) is 0 Å². The first-order chi connectivity index (χ1) is 11.5. The molecule has 0 aromatic heterocycles. The fourth-order valence-corrected chi connectivity index (χ4v) is 2.50. The number of hydrogen-bond acceptors (Lipinski definition) is 3. The van der Waals surface area contributed by atoms with Gasteiger partial charge in [-0.05, 0) is 49.7 Å². The van der Waals surface area contributed by atoms with E-state index in [-0.39, 0.29) is 11.7 Å². The Kier molecular flexibility index (Phi) is 6.97. The lowest BCUT2D eigenvalue weighted by molar-refractivity contribution is -0.116. The molecule has 0 radical (unpaired) electrons. The summed E-state index contributed by atoms with van der Waals surface area (Å²) in [5.74, 6) is -0.0975. The Morgan fingerprint density at radius 1 is 1.04 bits per heavy atom. The van der Waals surface area contributed by atoms with Crippen molar-refractivity contribution in [2.45, 2.75) is 19.8 Å². The molecule has 2 N–H and O–H groups in total. The maximum Gasteiger partial charge on any atom is 0.225 e. The van der Waals surface area contributed by atoms with Crippen LogP contribution in [-0.2, 0) is 11.2 Å². The monoisotopic (exact) mass is 344 g/mol. The van der Waals surface area contributed by atoms with Gasteiger partial charge in [-0.15, -0.1) is 0 Å². The van der Waals surface area contributed by atoms with Crippen molar-refractivity contribution < 1.29 is 9.59 Å². The van der Waals surface area contributed by atoms with Gasteiger partial charge in [0.1, 0.15) is 0 Å². The zero-order chi connectivity index (χ0) is 17.4. The zero-order valence-corrected chi connectivity index (χ0v) is 14.4. The Morgan fingerprint density at radius 2 is 1.83 bits per heavy atom. The first-order valence-electron chi connectivity index (χ1n) is 7.90. The summed E-state index contributed by atoms with van der Waals surface area (Å²) >= 11 is 5.94. The molecule has 0 saturated carbocycles. The van der Waals surface area contributed by atoms with E-state index in [0.29, 0.717) is 24.2 Å². The standard InChI is InChI=1S/C19H21ClN2O2/c1-14(23)16-5-3-7-18(13-16)22-19(24)9-11-21-10-8-15-4-2-6-17(20)12-15/h2-7,12-13,21H,8-11H2,1H3,(H,22,24). The highest BCUT2D eigenvalue weighted by Gasteiger charge is 2.04. The van der Waals surface area contributed by atoms with E-state index < -0.39 is 0 Å². The number of halogens is 1. The van der Waals surface area contributed by atoms with Crippen LogP contribution in [-0.4, -0.2) is 24.8 Å². The third-order valence-electron chi connectivity index (χ3n) is 3.56. The first kappa shape index (κ1) is 18.2. The number of nitrogens with one attached hydrogen (secondary N) is 2. The van der Waals surface area contributed by atoms with Gasteiger partial charge in [0, 0.05) is 29.2 Å². The van der Waals surface area contributed by atoms with Crippen LogP contribution in [0.5, 0.6) is 0 Å². The molecule has 2 aromatic rings. The normalized spacial score (nSPS) is 10.4. The predicted octanol–water partition coefficient (Wildman–Crippen LogP) is 3.70. The number of Topliss-reactive ketones (excluding diaryl/α,β-unsaturated/α-hetero) is 1. The van der Waals surface area contributed by atoms with Crippen LogP contribution in [0, 0.1) is 0 Å². The second-order valence-electron chi connectivity index (χ2n) is 5.57. The molecule has 0 fully saturated rings. The molecule has 126 valence electrons. The van der Waals surface area contributed by atoms with E-state index in [1.165, 1.54) is 12.5 Å². The Bertz CT molecular complexity index is 716. The van der Waals surface area contributed by atoms with Crippen LogP contribution in [0.15, 0.2) is 48.5 Å². The van der Waals surface area contributed by atoms with E-state index in [1.54, 1.807) is 24.3 Å². The van der Waals surface area contributed by atoms with Crippen LogP contribution in [0.4, 0.5) is 5.69 Å². The third kappa shape index (κ3) is 6.14. The summed E-state index contributed by atoms with van der Waals surface area (Å²) in [5, 5.41) is 6.78. The molecule has 0 aliphatic carbocycles. The number of ketones is 1. The lowest BCUT2D eigenvalue weighted by Crippen LogP contribution is -2.23. The quantitative estimate of drug-likeness (QED) is 0.567. The third-order valence-corrected chi connectivity index (χ3v) is 3.80. The highest BCUT2D eigenvalue weighted by molar-refractivity contribution is 6.30. The molecular formula is C19H21ClN2O2. The molecule has 0 heterocycles. The van der Waals surface area contributed by atoms with Crippen LogP contribution in [0.2, 0.25) is 5.02 Å². The minimum absolute atomic E-state index is 0.0196. The van der Waals surface area contributed by atoms with E-state index in [1.807, 2.05) is 24.3 Å². The highest BCUT2D eigenvalue weighted by Crippen LogP contribution is 2.12. The average molecular weight is 345 g/mol. The summed E-state index contributed by atoms with van der Waals surface area (Å²) in [6, 6.07) is 14.7. The van der Waals surface area contributed by atoms with Crippen molar-refractivity contribution in [1.82, 2.24) is 5.32 Å². The molecule has 0 saturated heterocycles. The first-order valence-corrected chi connectivity index (χ1v) is 8.28. The molecule has 4 nitrogen and oxygen atoms in total. The maximum absolute atomic E-state index is 11.9. The van der Waals surface area contributed by atoms with Gasteiger partial charge in [0.2, 0.25) is 5.91 Å². The molecule has 0 spiro atoms. The number of amides is 1. The molecule has 0 atom stereocenters. The fraction of sp³-hybridized carbons (Fsp3) is 0.263. The molecule has 1 amide bonds. The van der Waals surface area contributed by atoms with E-state index in [2.05, 4.69) is 10.6 Å². The summed E-state index contributed by atoms with van der Waals surface area (Å²) in [7, 11) is 0. The maximum atomic E-state index is 11.9. The Hall–Kier alpha value is -2.17. The Labute approximate surface area is 147 Å². The average Bonchev–Trinajstić information content (AvgIpc) is 2.55. The van der Waals surface area contributed by atoms with E-state index >= 15 is 0 Å². The van der Waals surface area contributed by atoms with Crippen molar-refractivity contribution in [1.29, 1.82) is 0 Å². The number of benzene rings is 2. The minimum Gasteiger partial charge on any atom is -0.326 e. The van der Waals surface area contributed by atoms with Gasteiger partial charge in [0.05, 0.1) is 0 Å². The van der Waals surface area contributed by atoms with Gasteiger partial charge in [-0.1, -0.05) is 35.9 Å². The molecule has 24 heavy (non-hydrogen) atoms. The molecule has 2 rings (SSSR count). The minimum atomic E-state index is -0.0778. The summed E-state index contributed by atoms with van der Waals surface area (Å²) < 4.78 is 0. The van der Waals surface area contributed by atoms with Crippen LogP contribution in [0.25, 0.3) is 0 Å². The Balaban J connectivity index is 1.68. The van der Waals surface area contributed by atoms with Crippen LogP contribution >= 0.6 is 11.6 Å². The number of anilines is 1. The van der Waals surface area contributed by atoms with Gasteiger partial charge in [-0.2, -0.15) is 0 Å². The molecular weight excluding hydrogens is 324 g/mol. The topological polar surface area (TPSA) is 58.2 Å². The van der Waals surface area contributed by atoms with Crippen molar-refractivity contribution in [2.75, 3.05) is 18.4 Å². The van der Waals surface area contributed by atoms with Gasteiger partial charge in [-0.3, -0.25) is 9.59 Å². The molecule has 2 aromatic carbocycles. The Morgan fingerprint density at radius 3 is 2.58 bits per heavy atom. The van der Waals surface area contributed by atoms with E-state index in [9.17, 15) is 9.59 Å². The van der Waals surface area contributed by atoms with Crippen molar-refractivity contribution in [3.05, 3.63) is 64.7 Å². The van der Waals surface area contributed by atoms with Crippen molar-refractivity contribution in [2.24, 2.45) is 0 Å². The summed E-state index contributed by atoms with van der Waals surface area (Å²) in [6.45, 7) is 2.89. The molecule has 5 heteroatoms. The number of rotatable bonds is 8. The number of hydrogen-bond donors (Lipinski definition) is 2. The second kappa shape index (κ2) is 9.21. The molecule has 0 unspecified atom stereocenters. The summed E-state index contributed by atoms with van der Waals surface area (Å²) in [4.78, 5) is 23.3. The summed E-state index contributed by atoms with van der Waals surface area (Å²) in [5.41, 5.74) is 2.40. The van der Waals surface area contributed by atoms with Gasteiger partial charge in [0.25, 0.3) is 0 Å². The molecule has 0 aliphatic rings. The van der Waals surface area contributed by atoms with Gasteiger partial charge in [0.15, 0.2) is 5.78 Å². The van der Waals surface area contributed by atoms with Gasteiger partial charge >= 0.3 is 0 Å². The fourth-order valence-electron chi connectivity index (χ4n) is 2.29. The lowest BCUT2D eigenvalue weighted by Gasteiger charge is -2.08. The van der Waals surface area contributed by atoms with Crippen molar-refractivity contribution in [3.8, 4) is 0 Å². The van der Waals surface area contributed by atoms with Crippen molar-refractivity contribution in [3.63, 3.8) is 0 Å². The smallest absolute Gasteiger partial charge is 0.225 e. The SMILES string of the molecule is CC(=O)c1cccc(NC(=O)CCNCCc2cccc(Cl)c2)c1. The largest absolute Gasteiger partial charge is 0.326 e. The molecule has 0 aliphatic heterocycles. The van der Waals surface area contributed by atoms with Gasteiger partial charge < -0.3 is 10.6 Å². The molecule has 0 bridgehead atoms. The summed E-state index contributed by atoms with van der Waals surface area (Å²) in [6.07, 6.45) is 1.24. The van der Waals surface area contributed by atoms with Crippen LogP contribution < -0.4 is 10.6 Å². The van der Waals surface area contributed by atoms with Crippen LogP contribution in [0.1, 0.15) is 29.3 Å².